The van der Waals surface area contributed by atoms with Crippen molar-refractivity contribution >= 4 is 11.9 Å². The van der Waals surface area contributed by atoms with E-state index in [0.717, 1.165) is 6.42 Å². The minimum absolute atomic E-state index is 0.0326. The average molecular weight is 263 g/mol. The zero-order chi connectivity index (χ0) is 14.0. The molecule has 0 saturated carbocycles. The minimum atomic E-state index is -1.00. The molecule has 1 aliphatic rings. The zero-order valence-electron chi connectivity index (χ0n) is 11.0. The van der Waals surface area contributed by atoms with E-state index >= 15 is 0 Å². The van der Waals surface area contributed by atoms with Gasteiger partial charge in [-0.05, 0) is 44.5 Å². The normalized spacial score (nSPS) is 26.1. The molecular formula is C14H17NO4. The Morgan fingerprint density at radius 2 is 1.89 bits per heavy atom. The van der Waals surface area contributed by atoms with Crippen molar-refractivity contribution in [1.82, 2.24) is 5.32 Å². The highest BCUT2D eigenvalue weighted by Crippen LogP contribution is 2.25. The highest BCUT2D eigenvalue weighted by atomic mass is 16.5. The van der Waals surface area contributed by atoms with E-state index in [0.29, 0.717) is 12.2 Å². The topological polar surface area (TPSA) is 75.6 Å². The first-order valence-corrected chi connectivity index (χ1v) is 6.20. The molecule has 5 nitrogen and oxygen atoms in total. The Labute approximate surface area is 111 Å². The number of hydrogen-bond donors (Lipinski definition) is 2. The lowest BCUT2D eigenvalue weighted by molar-refractivity contribution is 0.0694. The molecule has 0 aromatic heterocycles. The number of carboxylic acid groups (broad SMARTS) is 1. The van der Waals surface area contributed by atoms with Gasteiger partial charge < -0.3 is 15.2 Å². The van der Waals surface area contributed by atoms with Gasteiger partial charge in [-0.1, -0.05) is 0 Å². The summed E-state index contributed by atoms with van der Waals surface area (Å²) in [6.07, 6.45) is 0.738. The molecule has 2 N–H and O–H groups in total. The quantitative estimate of drug-likeness (QED) is 0.870. The fourth-order valence-electron chi connectivity index (χ4n) is 2.09. The van der Waals surface area contributed by atoms with Gasteiger partial charge in [0.15, 0.2) is 0 Å². The van der Waals surface area contributed by atoms with Crippen molar-refractivity contribution in [3.63, 3.8) is 0 Å². The van der Waals surface area contributed by atoms with Gasteiger partial charge in [-0.2, -0.15) is 0 Å². The lowest BCUT2D eigenvalue weighted by Crippen LogP contribution is -2.50. The maximum Gasteiger partial charge on any atom is 0.335 e. The Morgan fingerprint density at radius 1 is 1.32 bits per heavy atom. The van der Waals surface area contributed by atoms with Crippen molar-refractivity contribution in [3.8, 4) is 0 Å². The molecular weight excluding hydrogens is 246 g/mol. The predicted molar refractivity (Wildman–Crippen MR) is 69.3 cm³/mol. The number of benzene rings is 1. The molecule has 1 saturated heterocycles. The maximum atomic E-state index is 12.1. The highest BCUT2D eigenvalue weighted by Gasteiger charge is 2.38. The van der Waals surface area contributed by atoms with Crippen molar-refractivity contribution < 1.29 is 19.4 Å². The van der Waals surface area contributed by atoms with Gasteiger partial charge in [0.05, 0.1) is 17.2 Å². The smallest absolute Gasteiger partial charge is 0.335 e. The SMILES string of the molecule is CC1OCCC1(C)NC(=O)c1ccc(C(=O)O)cc1. The van der Waals surface area contributed by atoms with Crippen LogP contribution in [0.25, 0.3) is 0 Å². The third-order valence-corrected chi connectivity index (χ3v) is 3.68. The molecule has 2 atom stereocenters. The maximum absolute atomic E-state index is 12.1. The molecule has 1 aromatic carbocycles. The standard InChI is InChI=1S/C14H17NO4/c1-9-14(2,7-8-19-9)15-12(16)10-3-5-11(6-4-10)13(17)18/h3-6,9H,7-8H2,1-2H3,(H,15,16)(H,17,18). The molecule has 0 bridgehead atoms. The second-order valence-corrected chi connectivity index (χ2v) is 5.02. The summed E-state index contributed by atoms with van der Waals surface area (Å²) in [6.45, 7) is 4.52. The van der Waals surface area contributed by atoms with Gasteiger partial charge in [-0.25, -0.2) is 4.79 Å². The molecule has 0 radical (unpaired) electrons. The summed E-state index contributed by atoms with van der Waals surface area (Å²) in [5.41, 5.74) is 0.244. The number of aromatic carboxylic acids is 1. The zero-order valence-corrected chi connectivity index (χ0v) is 11.0. The van der Waals surface area contributed by atoms with E-state index in [4.69, 9.17) is 9.84 Å². The van der Waals surface area contributed by atoms with Gasteiger partial charge in [0.1, 0.15) is 0 Å². The fourth-order valence-corrected chi connectivity index (χ4v) is 2.09. The number of carbonyl (C=O) groups excluding carboxylic acids is 1. The van der Waals surface area contributed by atoms with Crippen molar-refractivity contribution in [3.05, 3.63) is 35.4 Å². The monoisotopic (exact) mass is 263 g/mol. The molecule has 5 heteroatoms. The third-order valence-electron chi connectivity index (χ3n) is 3.68. The molecule has 2 rings (SSSR count). The summed E-state index contributed by atoms with van der Waals surface area (Å²) < 4.78 is 5.46. The number of ether oxygens (including phenoxy) is 1. The number of carbonyl (C=O) groups is 2. The first-order chi connectivity index (χ1) is 8.92. The molecule has 0 aliphatic carbocycles. The summed E-state index contributed by atoms with van der Waals surface area (Å²) in [6, 6.07) is 5.88. The van der Waals surface area contributed by atoms with Crippen LogP contribution in [0, 0.1) is 0 Å². The van der Waals surface area contributed by atoms with Gasteiger partial charge in [-0.3, -0.25) is 4.79 Å². The molecule has 2 unspecified atom stereocenters. The van der Waals surface area contributed by atoms with Gasteiger partial charge >= 0.3 is 5.97 Å². The average Bonchev–Trinajstić information content (AvgIpc) is 2.69. The van der Waals surface area contributed by atoms with Crippen molar-refractivity contribution in [2.75, 3.05) is 6.61 Å². The minimum Gasteiger partial charge on any atom is -0.478 e. The summed E-state index contributed by atoms with van der Waals surface area (Å²) in [7, 11) is 0. The van der Waals surface area contributed by atoms with Gasteiger partial charge in [-0.15, -0.1) is 0 Å². The van der Waals surface area contributed by atoms with E-state index in [9.17, 15) is 9.59 Å². The summed E-state index contributed by atoms with van der Waals surface area (Å²) in [5, 5.41) is 11.8. The molecule has 1 amide bonds. The van der Waals surface area contributed by atoms with Crippen molar-refractivity contribution in [2.24, 2.45) is 0 Å². The molecule has 1 heterocycles. The van der Waals surface area contributed by atoms with E-state index < -0.39 is 5.97 Å². The molecule has 1 aromatic rings. The van der Waals surface area contributed by atoms with Crippen LogP contribution in [0.3, 0.4) is 0 Å². The third kappa shape index (κ3) is 2.76. The van der Waals surface area contributed by atoms with Crippen LogP contribution in [-0.2, 0) is 4.74 Å². The number of amides is 1. The Morgan fingerprint density at radius 3 is 2.37 bits per heavy atom. The number of carboxylic acids is 1. The predicted octanol–water partition coefficient (Wildman–Crippen LogP) is 1.68. The largest absolute Gasteiger partial charge is 0.478 e. The van der Waals surface area contributed by atoms with Gasteiger partial charge in [0.25, 0.3) is 5.91 Å². The summed E-state index contributed by atoms with van der Waals surface area (Å²) >= 11 is 0. The number of rotatable bonds is 3. The molecule has 102 valence electrons. The van der Waals surface area contributed by atoms with Crippen LogP contribution in [0.5, 0.6) is 0 Å². The van der Waals surface area contributed by atoms with E-state index in [2.05, 4.69) is 5.32 Å². The van der Waals surface area contributed by atoms with E-state index in [-0.39, 0.29) is 23.1 Å². The van der Waals surface area contributed by atoms with Crippen LogP contribution in [0.4, 0.5) is 0 Å². The summed E-state index contributed by atoms with van der Waals surface area (Å²) in [4.78, 5) is 22.9. The van der Waals surface area contributed by atoms with Crippen molar-refractivity contribution in [1.29, 1.82) is 0 Å². The number of nitrogens with one attached hydrogen (secondary N) is 1. The van der Waals surface area contributed by atoms with E-state index in [1.807, 2.05) is 13.8 Å². The van der Waals surface area contributed by atoms with Crippen LogP contribution in [0.1, 0.15) is 41.0 Å². The van der Waals surface area contributed by atoms with Crippen LogP contribution < -0.4 is 5.32 Å². The van der Waals surface area contributed by atoms with Crippen LogP contribution >= 0.6 is 0 Å². The van der Waals surface area contributed by atoms with E-state index in [1.165, 1.54) is 24.3 Å². The summed E-state index contributed by atoms with van der Waals surface area (Å²) in [5.74, 6) is -1.21. The van der Waals surface area contributed by atoms with Crippen LogP contribution in [-0.4, -0.2) is 35.2 Å². The first-order valence-electron chi connectivity index (χ1n) is 6.20. The fraction of sp³-hybridized carbons (Fsp3) is 0.429. The lowest BCUT2D eigenvalue weighted by Gasteiger charge is -2.28. The van der Waals surface area contributed by atoms with Crippen molar-refractivity contribution in [2.45, 2.75) is 31.9 Å². The molecule has 19 heavy (non-hydrogen) atoms. The Balaban J connectivity index is 2.10. The van der Waals surface area contributed by atoms with Crippen LogP contribution in [0.15, 0.2) is 24.3 Å². The molecule has 0 spiro atoms. The Kier molecular flexibility index (Phi) is 3.57. The Hall–Kier alpha value is -1.88. The molecule has 1 fully saturated rings. The Bertz CT molecular complexity index is 497. The highest BCUT2D eigenvalue weighted by molar-refractivity contribution is 5.96. The number of hydrogen-bond acceptors (Lipinski definition) is 3. The van der Waals surface area contributed by atoms with Crippen LogP contribution in [0.2, 0.25) is 0 Å². The van der Waals surface area contributed by atoms with Gasteiger partial charge in [0.2, 0.25) is 0 Å². The van der Waals surface area contributed by atoms with E-state index in [1.54, 1.807) is 0 Å². The lowest BCUT2D eigenvalue weighted by atomic mass is 9.94. The first kappa shape index (κ1) is 13.5. The second kappa shape index (κ2) is 5.01. The van der Waals surface area contributed by atoms with Gasteiger partial charge in [0, 0.05) is 12.2 Å². The second-order valence-electron chi connectivity index (χ2n) is 5.02. The molecule has 1 aliphatic heterocycles.